The van der Waals surface area contributed by atoms with Crippen LogP contribution in [0.5, 0.6) is 0 Å². The first-order valence-electron chi connectivity index (χ1n) is 5.70. The summed E-state index contributed by atoms with van der Waals surface area (Å²) in [5.74, 6) is 0.170. The minimum absolute atomic E-state index is 0.0729. The largest absolute Gasteiger partial charge is 0.303 e. The Morgan fingerprint density at radius 3 is 2.47 bits per heavy atom. The summed E-state index contributed by atoms with van der Waals surface area (Å²) in [5.41, 5.74) is 2.40. The second-order valence-corrected chi connectivity index (χ2v) is 6.49. The molecule has 1 aromatic carbocycles. The predicted octanol–water partition coefficient (Wildman–Crippen LogP) is 1.96. The van der Waals surface area contributed by atoms with Crippen LogP contribution in [0.25, 0.3) is 0 Å². The maximum Gasteiger partial charge on any atom is 0.173 e. The van der Waals surface area contributed by atoms with Crippen molar-refractivity contribution in [2.75, 3.05) is 5.75 Å². The van der Waals surface area contributed by atoms with Gasteiger partial charge in [0.2, 0.25) is 0 Å². The maximum atomic E-state index is 11.3. The van der Waals surface area contributed by atoms with E-state index in [1.165, 1.54) is 16.5 Å². The van der Waals surface area contributed by atoms with Crippen molar-refractivity contribution in [1.29, 1.82) is 0 Å². The summed E-state index contributed by atoms with van der Waals surface area (Å²) >= 11 is 0. The molecule has 0 bridgehead atoms. The molecule has 2 rings (SSSR count). The lowest BCUT2D eigenvalue weighted by molar-refractivity contribution is 0.535. The lowest BCUT2D eigenvalue weighted by atomic mass is 10.1. The Kier molecular flexibility index (Phi) is 3.35. The molecule has 0 radical (unpaired) electrons. The van der Waals surface area contributed by atoms with E-state index < -0.39 is 9.84 Å². The first kappa shape index (κ1) is 12.3. The molecule has 0 saturated carbocycles. The third-order valence-electron chi connectivity index (χ3n) is 2.97. The highest BCUT2D eigenvalue weighted by Crippen LogP contribution is 2.16. The second-order valence-electron chi connectivity index (χ2n) is 4.56. The molecule has 3 nitrogen and oxygen atoms in total. The number of benzene rings is 1. The molecule has 0 aliphatic carbocycles. The Balaban J connectivity index is 2.01. The van der Waals surface area contributed by atoms with Crippen molar-refractivity contribution >= 4 is 9.84 Å². The van der Waals surface area contributed by atoms with E-state index in [0.717, 1.165) is 0 Å². The van der Waals surface area contributed by atoms with Crippen LogP contribution >= 0.6 is 0 Å². The molecule has 1 N–H and O–H groups in total. The van der Waals surface area contributed by atoms with Crippen LogP contribution in [0.2, 0.25) is 0 Å². The molecule has 0 fully saturated rings. The molecule has 2 atom stereocenters. The third kappa shape index (κ3) is 3.17. The van der Waals surface area contributed by atoms with Gasteiger partial charge >= 0.3 is 0 Å². The van der Waals surface area contributed by atoms with Crippen molar-refractivity contribution in [3.63, 3.8) is 0 Å². The van der Waals surface area contributed by atoms with E-state index >= 15 is 0 Å². The fourth-order valence-corrected chi connectivity index (χ4v) is 3.20. The summed E-state index contributed by atoms with van der Waals surface area (Å²) in [7, 11) is -2.97. The van der Waals surface area contributed by atoms with Gasteiger partial charge in [-0.15, -0.1) is 0 Å². The van der Waals surface area contributed by atoms with Crippen molar-refractivity contribution in [2.24, 2.45) is 0 Å². The molecule has 0 amide bonds. The van der Waals surface area contributed by atoms with Crippen molar-refractivity contribution in [2.45, 2.75) is 25.9 Å². The Morgan fingerprint density at radius 2 is 1.94 bits per heavy atom. The van der Waals surface area contributed by atoms with Crippen molar-refractivity contribution < 1.29 is 8.42 Å². The van der Waals surface area contributed by atoms with Crippen LogP contribution in [0.15, 0.2) is 35.7 Å². The van der Waals surface area contributed by atoms with Gasteiger partial charge in [-0.1, -0.05) is 35.9 Å². The molecule has 1 aromatic rings. The first-order valence-corrected chi connectivity index (χ1v) is 7.41. The topological polar surface area (TPSA) is 46.2 Å². The number of hydrogen-bond acceptors (Lipinski definition) is 3. The molecule has 1 aliphatic heterocycles. The molecule has 0 aromatic heterocycles. The van der Waals surface area contributed by atoms with Gasteiger partial charge < -0.3 is 5.32 Å². The Hall–Kier alpha value is -1.13. The van der Waals surface area contributed by atoms with Crippen molar-refractivity contribution in [3.8, 4) is 0 Å². The lowest BCUT2D eigenvalue weighted by Gasteiger charge is -2.18. The zero-order valence-corrected chi connectivity index (χ0v) is 10.9. The summed E-state index contributed by atoms with van der Waals surface area (Å²) in [6.45, 7) is 4.09. The number of nitrogens with one attached hydrogen (secondary N) is 1. The van der Waals surface area contributed by atoms with Crippen LogP contribution in [0.3, 0.4) is 0 Å². The predicted molar refractivity (Wildman–Crippen MR) is 69.4 cm³/mol. The van der Waals surface area contributed by atoms with Crippen LogP contribution in [0, 0.1) is 6.92 Å². The van der Waals surface area contributed by atoms with E-state index in [2.05, 4.69) is 29.6 Å². The third-order valence-corrected chi connectivity index (χ3v) is 4.37. The number of hydrogen-bond donors (Lipinski definition) is 1. The molecular weight excluding hydrogens is 234 g/mol. The monoisotopic (exact) mass is 251 g/mol. The van der Waals surface area contributed by atoms with E-state index in [9.17, 15) is 8.42 Å². The Morgan fingerprint density at radius 1 is 1.29 bits per heavy atom. The second kappa shape index (κ2) is 4.63. The maximum absolute atomic E-state index is 11.3. The summed E-state index contributed by atoms with van der Waals surface area (Å²) in [5, 5.41) is 4.60. The minimum atomic E-state index is -2.97. The SMILES string of the molecule is Cc1ccc(C(C)NC2C=CS(=O)(=O)C2)cc1. The standard InChI is InChI=1S/C13H17NO2S/c1-10-3-5-12(6-4-10)11(2)14-13-7-8-17(15,16)9-13/h3-8,11,13-14H,9H2,1-2H3. The van der Waals surface area contributed by atoms with E-state index in [-0.39, 0.29) is 17.8 Å². The van der Waals surface area contributed by atoms with Gasteiger partial charge in [-0.2, -0.15) is 0 Å². The lowest BCUT2D eigenvalue weighted by Crippen LogP contribution is -2.32. The van der Waals surface area contributed by atoms with Crippen LogP contribution in [-0.4, -0.2) is 20.2 Å². The van der Waals surface area contributed by atoms with Crippen LogP contribution in [0.4, 0.5) is 0 Å². The fraction of sp³-hybridized carbons (Fsp3) is 0.385. The van der Waals surface area contributed by atoms with E-state index in [1.807, 2.05) is 13.8 Å². The van der Waals surface area contributed by atoms with Crippen LogP contribution in [0.1, 0.15) is 24.1 Å². The van der Waals surface area contributed by atoms with E-state index in [0.29, 0.717) is 0 Å². The molecule has 92 valence electrons. The zero-order valence-electron chi connectivity index (χ0n) is 10.1. The molecule has 4 heteroatoms. The minimum Gasteiger partial charge on any atom is -0.303 e. The van der Waals surface area contributed by atoms with Gasteiger partial charge in [-0.05, 0) is 19.4 Å². The zero-order chi connectivity index (χ0) is 12.5. The van der Waals surface area contributed by atoms with Crippen LogP contribution < -0.4 is 5.32 Å². The van der Waals surface area contributed by atoms with Gasteiger partial charge in [0.15, 0.2) is 9.84 Å². The Labute approximate surface area is 102 Å². The van der Waals surface area contributed by atoms with E-state index in [4.69, 9.17) is 0 Å². The van der Waals surface area contributed by atoms with Gasteiger partial charge in [0, 0.05) is 17.5 Å². The normalized spacial score (nSPS) is 23.8. The average Bonchev–Trinajstić information content (AvgIpc) is 2.59. The van der Waals surface area contributed by atoms with Gasteiger partial charge in [-0.3, -0.25) is 0 Å². The molecular formula is C13H17NO2S. The molecule has 1 heterocycles. The fourth-order valence-electron chi connectivity index (χ4n) is 1.95. The highest BCUT2D eigenvalue weighted by atomic mass is 32.2. The number of aryl methyl sites for hydroxylation is 1. The molecule has 1 aliphatic rings. The van der Waals surface area contributed by atoms with E-state index in [1.54, 1.807) is 6.08 Å². The van der Waals surface area contributed by atoms with Gasteiger partial charge in [0.05, 0.1) is 5.75 Å². The summed E-state index contributed by atoms with van der Waals surface area (Å²) in [6, 6.07) is 8.35. The summed E-state index contributed by atoms with van der Waals surface area (Å²) < 4.78 is 22.6. The molecule has 2 unspecified atom stereocenters. The summed E-state index contributed by atoms with van der Waals surface area (Å²) in [6.07, 6.45) is 1.72. The van der Waals surface area contributed by atoms with Gasteiger partial charge in [-0.25, -0.2) is 8.42 Å². The quantitative estimate of drug-likeness (QED) is 0.893. The number of sulfone groups is 1. The van der Waals surface area contributed by atoms with Crippen molar-refractivity contribution in [1.82, 2.24) is 5.32 Å². The molecule has 17 heavy (non-hydrogen) atoms. The highest BCUT2D eigenvalue weighted by molar-refractivity contribution is 7.94. The summed E-state index contributed by atoms with van der Waals surface area (Å²) in [4.78, 5) is 0. The average molecular weight is 251 g/mol. The van der Waals surface area contributed by atoms with Crippen molar-refractivity contribution in [3.05, 3.63) is 46.9 Å². The Bertz CT molecular complexity index is 517. The first-order chi connectivity index (χ1) is 7.96. The van der Waals surface area contributed by atoms with Crippen LogP contribution in [-0.2, 0) is 9.84 Å². The molecule has 0 saturated heterocycles. The smallest absolute Gasteiger partial charge is 0.173 e. The highest BCUT2D eigenvalue weighted by Gasteiger charge is 2.22. The van der Waals surface area contributed by atoms with Gasteiger partial charge in [0.1, 0.15) is 0 Å². The van der Waals surface area contributed by atoms with Gasteiger partial charge in [0.25, 0.3) is 0 Å². The number of rotatable bonds is 3. The molecule has 0 spiro atoms.